The summed E-state index contributed by atoms with van der Waals surface area (Å²) in [5.74, 6) is 0.840. The third kappa shape index (κ3) is 1.66. The molecule has 1 aromatic heterocycles. The van der Waals surface area contributed by atoms with Crippen molar-refractivity contribution in [3.63, 3.8) is 0 Å². The molecular formula is C11H11ClN2. The second kappa shape index (κ2) is 3.84. The highest BCUT2D eigenvalue weighted by atomic mass is 35.5. The third-order valence-corrected chi connectivity index (χ3v) is 2.44. The van der Waals surface area contributed by atoms with Crippen molar-refractivity contribution in [1.29, 1.82) is 0 Å². The van der Waals surface area contributed by atoms with Gasteiger partial charge in [0.15, 0.2) is 5.15 Å². The van der Waals surface area contributed by atoms with Crippen molar-refractivity contribution in [3.05, 3.63) is 41.2 Å². The van der Waals surface area contributed by atoms with Gasteiger partial charge >= 0.3 is 0 Å². The maximum Gasteiger partial charge on any atom is 0.150 e. The van der Waals surface area contributed by atoms with Crippen LogP contribution in [0, 0.1) is 0 Å². The normalized spacial score (nSPS) is 10.4. The van der Waals surface area contributed by atoms with Crippen molar-refractivity contribution in [1.82, 2.24) is 9.97 Å². The molecule has 0 unspecified atom stereocenters. The van der Waals surface area contributed by atoms with Gasteiger partial charge in [0, 0.05) is 5.56 Å². The lowest BCUT2D eigenvalue weighted by molar-refractivity contribution is 1.07. The van der Waals surface area contributed by atoms with Crippen molar-refractivity contribution >= 4 is 11.6 Å². The summed E-state index contributed by atoms with van der Waals surface area (Å²) < 4.78 is 0. The van der Waals surface area contributed by atoms with E-state index in [-0.39, 0.29) is 0 Å². The Morgan fingerprint density at radius 1 is 1.29 bits per heavy atom. The number of rotatable bonds is 2. The monoisotopic (exact) mass is 206 g/mol. The summed E-state index contributed by atoms with van der Waals surface area (Å²) in [5, 5.41) is 0.575. The van der Waals surface area contributed by atoms with Gasteiger partial charge in [0.25, 0.3) is 0 Å². The molecule has 0 amide bonds. The van der Waals surface area contributed by atoms with Gasteiger partial charge in [0.1, 0.15) is 5.82 Å². The zero-order valence-electron chi connectivity index (χ0n) is 7.92. The van der Waals surface area contributed by atoms with Crippen molar-refractivity contribution in [3.8, 4) is 11.4 Å². The first-order chi connectivity index (χ1) is 6.81. The van der Waals surface area contributed by atoms with E-state index in [9.17, 15) is 0 Å². The molecule has 0 bridgehead atoms. The molecule has 0 atom stereocenters. The van der Waals surface area contributed by atoms with Gasteiger partial charge in [-0.25, -0.2) is 4.98 Å². The van der Waals surface area contributed by atoms with E-state index in [1.54, 1.807) is 0 Å². The summed E-state index contributed by atoms with van der Waals surface area (Å²) in [5.41, 5.74) is 2.06. The molecule has 0 aliphatic heterocycles. The first kappa shape index (κ1) is 9.28. The standard InChI is InChI=1S/C11H11ClN2/c1-2-9-10(12)14-11(13-9)8-6-4-3-5-7-8/h3-7H,2H2,1H3,(H,13,14). The molecule has 2 aromatic rings. The quantitative estimate of drug-likeness (QED) is 0.803. The highest BCUT2D eigenvalue weighted by Crippen LogP contribution is 2.20. The number of nitrogens with zero attached hydrogens (tertiary/aromatic N) is 1. The van der Waals surface area contributed by atoms with Crippen molar-refractivity contribution in [2.75, 3.05) is 0 Å². The molecule has 2 nitrogen and oxygen atoms in total. The van der Waals surface area contributed by atoms with Crippen LogP contribution in [0.3, 0.4) is 0 Å². The molecule has 0 fully saturated rings. The number of imidazole rings is 1. The molecule has 2 rings (SSSR count). The summed E-state index contributed by atoms with van der Waals surface area (Å²) in [7, 11) is 0. The highest BCUT2D eigenvalue weighted by Gasteiger charge is 2.06. The molecule has 0 saturated carbocycles. The molecule has 72 valence electrons. The zero-order chi connectivity index (χ0) is 9.97. The van der Waals surface area contributed by atoms with Gasteiger partial charge in [-0.1, -0.05) is 48.9 Å². The largest absolute Gasteiger partial charge is 0.341 e. The SMILES string of the molecule is CCc1[nH]c(-c2ccccc2)nc1Cl. The molecule has 0 saturated heterocycles. The van der Waals surface area contributed by atoms with E-state index in [2.05, 4.69) is 9.97 Å². The van der Waals surface area contributed by atoms with Crippen LogP contribution in [0.15, 0.2) is 30.3 Å². The third-order valence-electron chi connectivity index (χ3n) is 2.13. The number of hydrogen-bond donors (Lipinski definition) is 1. The summed E-state index contributed by atoms with van der Waals surface area (Å²) >= 11 is 5.95. The number of H-pyrrole nitrogens is 1. The van der Waals surface area contributed by atoms with E-state index in [0.717, 1.165) is 23.5 Å². The van der Waals surface area contributed by atoms with Crippen LogP contribution in [0.4, 0.5) is 0 Å². The van der Waals surface area contributed by atoms with Crippen LogP contribution in [0.1, 0.15) is 12.6 Å². The van der Waals surface area contributed by atoms with Gasteiger partial charge in [0.2, 0.25) is 0 Å². The van der Waals surface area contributed by atoms with E-state index < -0.39 is 0 Å². The topological polar surface area (TPSA) is 28.7 Å². The number of aromatic nitrogens is 2. The van der Waals surface area contributed by atoms with Crippen molar-refractivity contribution in [2.45, 2.75) is 13.3 Å². The van der Waals surface area contributed by atoms with Gasteiger partial charge in [-0.15, -0.1) is 0 Å². The van der Waals surface area contributed by atoms with Crippen LogP contribution in [0.2, 0.25) is 5.15 Å². The Morgan fingerprint density at radius 2 is 2.00 bits per heavy atom. The smallest absolute Gasteiger partial charge is 0.150 e. The maximum absolute atomic E-state index is 5.95. The van der Waals surface area contributed by atoms with Gasteiger partial charge in [0.05, 0.1) is 5.69 Å². The fourth-order valence-corrected chi connectivity index (χ4v) is 1.62. The summed E-state index contributed by atoms with van der Waals surface area (Å²) in [6.45, 7) is 2.05. The Labute approximate surface area is 88.0 Å². The minimum absolute atomic E-state index is 0.575. The highest BCUT2D eigenvalue weighted by molar-refractivity contribution is 6.30. The van der Waals surface area contributed by atoms with Crippen LogP contribution in [0.5, 0.6) is 0 Å². The summed E-state index contributed by atoms with van der Waals surface area (Å²) in [6.07, 6.45) is 0.874. The predicted molar refractivity (Wildman–Crippen MR) is 58.4 cm³/mol. The Morgan fingerprint density at radius 3 is 2.57 bits per heavy atom. The molecule has 0 aliphatic carbocycles. The van der Waals surface area contributed by atoms with Crippen LogP contribution >= 0.6 is 11.6 Å². The van der Waals surface area contributed by atoms with Gasteiger partial charge < -0.3 is 4.98 Å². The molecule has 1 N–H and O–H groups in total. The maximum atomic E-state index is 5.95. The van der Waals surface area contributed by atoms with Crippen molar-refractivity contribution in [2.24, 2.45) is 0 Å². The van der Waals surface area contributed by atoms with Crippen LogP contribution in [-0.2, 0) is 6.42 Å². The molecular weight excluding hydrogens is 196 g/mol. The molecule has 14 heavy (non-hydrogen) atoms. The van der Waals surface area contributed by atoms with E-state index in [4.69, 9.17) is 11.6 Å². The fraction of sp³-hybridized carbons (Fsp3) is 0.182. The minimum atomic E-state index is 0.575. The lowest BCUT2D eigenvalue weighted by atomic mass is 10.2. The van der Waals surface area contributed by atoms with E-state index >= 15 is 0 Å². The predicted octanol–water partition coefficient (Wildman–Crippen LogP) is 3.29. The second-order valence-corrected chi connectivity index (χ2v) is 3.43. The van der Waals surface area contributed by atoms with Crippen molar-refractivity contribution < 1.29 is 0 Å². The molecule has 1 aromatic carbocycles. The number of benzene rings is 1. The van der Waals surface area contributed by atoms with Crippen LogP contribution in [0.25, 0.3) is 11.4 Å². The van der Waals surface area contributed by atoms with Crippen LogP contribution in [-0.4, -0.2) is 9.97 Å². The Bertz CT molecular complexity index is 420. The molecule has 0 aliphatic rings. The Kier molecular flexibility index (Phi) is 2.55. The van der Waals surface area contributed by atoms with Gasteiger partial charge in [-0.05, 0) is 6.42 Å². The number of halogens is 1. The zero-order valence-corrected chi connectivity index (χ0v) is 8.67. The molecule has 0 radical (unpaired) electrons. The first-order valence-corrected chi connectivity index (χ1v) is 4.99. The average molecular weight is 207 g/mol. The first-order valence-electron chi connectivity index (χ1n) is 4.61. The summed E-state index contributed by atoms with van der Waals surface area (Å²) in [6, 6.07) is 9.97. The number of aromatic amines is 1. The molecule has 3 heteroatoms. The lowest BCUT2D eigenvalue weighted by Gasteiger charge is -1.94. The molecule has 1 heterocycles. The minimum Gasteiger partial charge on any atom is -0.341 e. The van der Waals surface area contributed by atoms with Crippen LogP contribution < -0.4 is 0 Å². The Balaban J connectivity index is 2.43. The van der Waals surface area contributed by atoms with Gasteiger partial charge in [-0.3, -0.25) is 0 Å². The lowest BCUT2D eigenvalue weighted by Crippen LogP contribution is -1.81. The number of hydrogen-bond acceptors (Lipinski definition) is 1. The Hall–Kier alpha value is -1.28. The van der Waals surface area contributed by atoms with E-state index in [0.29, 0.717) is 5.15 Å². The van der Waals surface area contributed by atoms with E-state index in [1.165, 1.54) is 0 Å². The fourth-order valence-electron chi connectivity index (χ4n) is 1.36. The average Bonchev–Trinajstić information content (AvgIpc) is 2.61. The number of aryl methyl sites for hydroxylation is 1. The summed E-state index contributed by atoms with van der Waals surface area (Å²) in [4.78, 5) is 7.47. The van der Waals surface area contributed by atoms with Gasteiger partial charge in [-0.2, -0.15) is 0 Å². The number of nitrogens with one attached hydrogen (secondary N) is 1. The van der Waals surface area contributed by atoms with E-state index in [1.807, 2.05) is 37.3 Å². The second-order valence-electron chi connectivity index (χ2n) is 3.07. The molecule has 0 spiro atoms.